The molecule has 0 saturated heterocycles. The van der Waals surface area contributed by atoms with Gasteiger partial charge in [0.1, 0.15) is 0 Å². The van der Waals surface area contributed by atoms with Crippen LogP contribution in [0.1, 0.15) is 27.6 Å². The Morgan fingerprint density at radius 3 is 2.57 bits per heavy atom. The molecule has 0 unspecified atom stereocenters. The summed E-state index contributed by atoms with van der Waals surface area (Å²) in [6, 6.07) is 7.94. The third-order valence-electron chi connectivity index (χ3n) is 2.67. The zero-order valence-electron chi connectivity index (χ0n) is 11.3. The Morgan fingerprint density at radius 2 is 1.95 bits per heavy atom. The van der Waals surface area contributed by atoms with Gasteiger partial charge in [-0.3, -0.25) is 9.78 Å². The fourth-order valence-corrected chi connectivity index (χ4v) is 1.84. The smallest absolute Gasteiger partial charge is 0.338 e. The summed E-state index contributed by atoms with van der Waals surface area (Å²) in [7, 11) is 0. The van der Waals surface area contributed by atoms with Crippen LogP contribution in [0.15, 0.2) is 42.7 Å². The number of aromatic nitrogens is 1. The van der Waals surface area contributed by atoms with Gasteiger partial charge in [-0.05, 0) is 37.3 Å². The van der Waals surface area contributed by atoms with E-state index in [-0.39, 0.29) is 11.5 Å². The lowest BCUT2D eigenvalue weighted by Gasteiger charge is -2.07. The van der Waals surface area contributed by atoms with Gasteiger partial charge in [0, 0.05) is 18.1 Å². The first-order chi connectivity index (χ1) is 10.1. The van der Waals surface area contributed by atoms with E-state index in [0.29, 0.717) is 22.9 Å². The number of anilines is 1. The molecule has 1 N–H and O–H groups in total. The second kappa shape index (κ2) is 6.85. The number of carbonyl (C=O) groups excluding carboxylic acids is 2. The lowest BCUT2D eigenvalue weighted by atomic mass is 10.2. The molecule has 0 bridgehead atoms. The number of nitrogens with one attached hydrogen (secondary N) is 1. The molecule has 6 heteroatoms. The molecule has 0 radical (unpaired) electrons. The highest BCUT2D eigenvalue weighted by Gasteiger charge is 2.11. The van der Waals surface area contributed by atoms with Crippen molar-refractivity contribution in [1.29, 1.82) is 0 Å². The Hall–Kier alpha value is -2.40. The maximum absolute atomic E-state index is 12.0. The quantitative estimate of drug-likeness (QED) is 0.881. The number of benzene rings is 1. The second-order valence-electron chi connectivity index (χ2n) is 4.11. The van der Waals surface area contributed by atoms with Crippen LogP contribution in [-0.4, -0.2) is 23.5 Å². The Balaban J connectivity index is 2.09. The van der Waals surface area contributed by atoms with E-state index in [1.165, 1.54) is 12.4 Å². The molecule has 1 amide bonds. The maximum Gasteiger partial charge on any atom is 0.338 e. The number of rotatable bonds is 4. The van der Waals surface area contributed by atoms with Crippen molar-refractivity contribution in [2.24, 2.45) is 0 Å². The summed E-state index contributed by atoms with van der Waals surface area (Å²) in [5.74, 6) is -0.761. The van der Waals surface area contributed by atoms with Crippen molar-refractivity contribution in [3.8, 4) is 0 Å². The summed E-state index contributed by atoms with van der Waals surface area (Å²) >= 11 is 5.92. The van der Waals surface area contributed by atoms with Crippen molar-refractivity contribution in [1.82, 2.24) is 4.98 Å². The van der Waals surface area contributed by atoms with E-state index in [1.807, 2.05) is 0 Å². The van der Waals surface area contributed by atoms with Crippen LogP contribution < -0.4 is 5.32 Å². The predicted molar refractivity (Wildman–Crippen MR) is 79.6 cm³/mol. The fraction of sp³-hybridized carbons (Fsp3) is 0.133. The summed E-state index contributed by atoms with van der Waals surface area (Å²) in [6.45, 7) is 2.06. The number of hydrogen-bond acceptors (Lipinski definition) is 4. The standard InChI is InChI=1S/C15H13ClN2O3/c1-2-21-15(20)10-3-5-11(6-4-10)18-14(19)12-9-17-8-7-13(12)16/h3-9H,2H2,1H3,(H,18,19). The fourth-order valence-electron chi connectivity index (χ4n) is 1.65. The number of hydrogen-bond donors (Lipinski definition) is 1. The first-order valence-corrected chi connectivity index (χ1v) is 6.67. The van der Waals surface area contributed by atoms with E-state index in [2.05, 4.69) is 10.3 Å². The topological polar surface area (TPSA) is 68.3 Å². The normalized spacial score (nSPS) is 10.0. The Labute approximate surface area is 126 Å². The first-order valence-electron chi connectivity index (χ1n) is 6.30. The Bertz CT molecular complexity index is 656. The van der Waals surface area contributed by atoms with Crippen molar-refractivity contribution in [3.63, 3.8) is 0 Å². The number of halogens is 1. The van der Waals surface area contributed by atoms with E-state index >= 15 is 0 Å². The molecule has 1 heterocycles. The van der Waals surface area contributed by atoms with Gasteiger partial charge in [0.05, 0.1) is 22.8 Å². The van der Waals surface area contributed by atoms with Gasteiger partial charge in [0.25, 0.3) is 5.91 Å². The van der Waals surface area contributed by atoms with E-state index in [9.17, 15) is 9.59 Å². The van der Waals surface area contributed by atoms with Crippen LogP contribution in [0.4, 0.5) is 5.69 Å². The predicted octanol–water partition coefficient (Wildman–Crippen LogP) is 3.16. The minimum Gasteiger partial charge on any atom is -0.462 e. The molecular formula is C15H13ClN2O3. The van der Waals surface area contributed by atoms with Gasteiger partial charge in [-0.2, -0.15) is 0 Å². The first kappa shape index (κ1) is 15.0. The number of carbonyl (C=O) groups is 2. The lowest BCUT2D eigenvalue weighted by molar-refractivity contribution is 0.0526. The summed E-state index contributed by atoms with van der Waals surface area (Å²) in [5.41, 5.74) is 1.26. The molecule has 2 rings (SSSR count). The van der Waals surface area contributed by atoms with E-state index in [4.69, 9.17) is 16.3 Å². The van der Waals surface area contributed by atoms with Crippen LogP contribution in [0.3, 0.4) is 0 Å². The number of nitrogens with zero attached hydrogens (tertiary/aromatic N) is 1. The molecular weight excluding hydrogens is 292 g/mol. The van der Waals surface area contributed by atoms with Crippen LogP contribution >= 0.6 is 11.6 Å². The molecule has 2 aromatic rings. The third-order valence-corrected chi connectivity index (χ3v) is 3.00. The second-order valence-corrected chi connectivity index (χ2v) is 4.51. The molecule has 0 saturated carbocycles. The summed E-state index contributed by atoms with van der Waals surface area (Å²) in [4.78, 5) is 27.4. The monoisotopic (exact) mass is 304 g/mol. The van der Waals surface area contributed by atoms with Gasteiger partial charge >= 0.3 is 5.97 Å². The molecule has 5 nitrogen and oxygen atoms in total. The third kappa shape index (κ3) is 3.79. The van der Waals surface area contributed by atoms with Gasteiger partial charge in [0.2, 0.25) is 0 Å². The van der Waals surface area contributed by atoms with Crippen LogP contribution in [0.5, 0.6) is 0 Å². The summed E-state index contributed by atoms with van der Waals surface area (Å²) in [6.07, 6.45) is 2.90. The van der Waals surface area contributed by atoms with E-state index < -0.39 is 5.97 Å². The van der Waals surface area contributed by atoms with Gasteiger partial charge in [0.15, 0.2) is 0 Å². The molecule has 1 aromatic carbocycles. The van der Waals surface area contributed by atoms with Gasteiger partial charge in [-0.1, -0.05) is 11.6 Å². The van der Waals surface area contributed by atoms with Crippen LogP contribution in [0.2, 0.25) is 5.02 Å². The highest BCUT2D eigenvalue weighted by atomic mass is 35.5. The highest BCUT2D eigenvalue weighted by molar-refractivity contribution is 6.34. The van der Waals surface area contributed by atoms with Gasteiger partial charge in [-0.15, -0.1) is 0 Å². The summed E-state index contributed by atoms with van der Waals surface area (Å²) in [5, 5.41) is 3.01. The molecule has 0 fully saturated rings. The van der Waals surface area contributed by atoms with Crippen molar-refractivity contribution in [2.45, 2.75) is 6.92 Å². The number of esters is 1. The van der Waals surface area contributed by atoms with Crippen molar-refractivity contribution in [2.75, 3.05) is 11.9 Å². The molecule has 21 heavy (non-hydrogen) atoms. The van der Waals surface area contributed by atoms with Crippen molar-refractivity contribution in [3.05, 3.63) is 58.9 Å². The van der Waals surface area contributed by atoms with Crippen molar-refractivity contribution >= 4 is 29.2 Å². The number of amides is 1. The summed E-state index contributed by atoms with van der Waals surface area (Å²) < 4.78 is 4.88. The van der Waals surface area contributed by atoms with E-state index in [1.54, 1.807) is 37.3 Å². The minimum absolute atomic E-state index is 0.286. The molecule has 0 aliphatic carbocycles. The zero-order chi connectivity index (χ0) is 15.2. The van der Waals surface area contributed by atoms with Crippen LogP contribution in [0, 0.1) is 0 Å². The molecule has 0 spiro atoms. The molecule has 0 atom stereocenters. The molecule has 108 valence electrons. The lowest BCUT2D eigenvalue weighted by Crippen LogP contribution is -2.13. The van der Waals surface area contributed by atoms with Crippen LogP contribution in [-0.2, 0) is 4.74 Å². The molecule has 0 aliphatic heterocycles. The highest BCUT2D eigenvalue weighted by Crippen LogP contribution is 2.16. The van der Waals surface area contributed by atoms with Gasteiger partial charge < -0.3 is 10.1 Å². The average Bonchev–Trinajstić information content (AvgIpc) is 2.48. The number of pyridine rings is 1. The van der Waals surface area contributed by atoms with E-state index in [0.717, 1.165) is 0 Å². The molecule has 1 aromatic heterocycles. The van der Waals surface area contributed by atoms with Gasteiger partial charge in [-0.25, -0.2) is 4.79 Å². The number of ether oxygens (including phenoxy) is 1. The zero-order valence-corrected chi connectivity index (χ0v) is 12.1. The van der Waals surface area contributed by atoms with Crippen LogP contribution in [0.25, 0.3) is 0 Å². The minimum atomic E-state index is -0.398. The molecule has 0 aliphatic rings. The van der Waals surface area contributed by atoms with Crippen molar-refractivity contribution < 1.29 is 14.3 Å². The Morgan fingerprint density at radius 1 is 1.24 bits per heavy atom. The maximum atomic E-state index is 12.0. The average molecular weight is 305 g/mol. The Kier molecular flexibility index (Phi) is 4.90. The SMILES string of the molecule is CCOC(=O)c1ccc(NC(=O)c2cnccc2Cl)cc1. The largest absolute Gasteiger partial charge is 0.462 e.